The van der Waals surface area contributed by atoms with Crippen molar-refractivity contribution in [2.24, 2.45) is 0 Å². The van der Waals surface area contributed by atoms with Crippen LogP contribution in [-0.2, 0) is 11.3 Å². The molecular formula is C11H15Cl2NO. The van der Waals surface area contributed by atoms with Crippen LogP contribution in [0.25, 0.3) is 0 Å². The highest BCUT2D eigenvalue weighted by Crippen LogP contribution is 2.20. The van der Waals surface area contributed by atoms with Gasteiger partial charge in [-0.3, -0.25) is 0 Å². The van der Waals surface area contributed by atoms with Crippen molar-refractivity contribution >= 4 is 23.2 Å². The van der Waals surface area contributed by atoms with Gasteiger partial charge >= 0.3 is 0 Å². The Kier molecular flexibility index (Phi) is 5.40. The molecule has 1 aromatic carbocycles. The maximum atomic E-state index is 6.03. The Morgan fingerprint density at radius 2 is 2.13 bits per heavy atom. The molecule has 1 aromatic rings. The lowest BCUT2D eigenvalue weighted by Gasteiger charge is -2.13. The van der Waals surface area contributed by atoms with Crippen LogP contribution in [0, 0.1) is 0 Å². The number of hydrogen-bond acceptors (Lipinski definition) is 2. The van der Waals surface area contributed by atoms with Crippen molar-refractivity contribution in [1.29, 1.82) is 0 Å². The van der Waals surface area contributed by atoms with E-state index in [0.29, 0.717) is 24.2 Å². The minimum Gasteiger partial charge on any atom is -0.383 e. The first kappa shape index (κ1) is 12.8. The third-order valence-corrected chi connectivity index (χ3v) is 2.67. The van der Waals surface area contributed by atoms with Crippen LogP contribution in [0.2, 0.25) is 10.0 Å². The first-order valence-electron chi connectivity index (χ1n) is 4.79. The maximum Gasteiger partial charge on any atom is 0.0613 e. The Labute approximate surface area is 101 Å². The normalized spacial score (nSPS) is 12.8. The average Bonchev–Trinajstić information content (AvgIpc) is 2.20. The minimum absolute atomic E-state index is 0.296. The molecule has 1 unspecified atom stereocenters. The van der Waals surface area contributed by atoms with E-state index >= 15 is 0 Å². The molecule has 4 heteroatoms. The Morgan fingerprint density at radius 1 is 1.40 bits per heavy atom. The lowest BCUT2D eigenvalue weighted by molar-refractivity contribution is 0.171. The van der Waals surface area contributed by atoms with Gasteiger partial charge in [0.2, 0.25) is 0 Å². The Balaban J connectivity index is 2.53. The summed E-state index contributed by atoms with van der Waals surface area (Å²) in [6.07, 6.45) is 0. The fraction of sp³-hybridized carbons (Fsp3) is 0.455. The van der Waals surface area contributed by atoms with Gasteiger partial charge in [-0.2, -0.15) is 0 Å². The molecule has 0 aliphatic rings. The quantitative estimate of drug-likeness (QED) is 0.864. The van der Waals surface area contributed by atoms with Gasteiger partial charge in [0.15, 0.2) is 0 Å². The van der Waals surface area contributed by atoms with Crippen molar-refractivity contribution in [2.75, 3.05) is 13.7 Å². The molecule has 0 aliphatic heterocycles. The number of rotatable bonds is 5. The van der Waals surface area contributed by atoms with E-state index in [1.807, 2.05) is 12.1 Å². The predicted octanol–water partition coefficient (Wildman–Crippen LogP) is 3.12. The number of nitrogens with one attached hydrogen (secondary N) is 1. The molecule has 1 atom stereocenters. The zero-order chi connectivity index (χ0) is 11.3. The fourth-order valence-electron chi connectivity index (χ4n) is 1.27. The Bertz CT molecular complexity index is 317. The highest BCUT2D eigenvalue weighted by Gasteiger charge is 2.04. The molecule has 84 valence electrons. The second-order valence-corrected chi connectivity index (χ2v) is 4.32. The van der Waals surface area contributed by atoms with Crippen LogP contribution < -0.4 is 5.32 Å². The summed E-state index contributed by atoms with van der Waals surface area (Å²) in [7, 11) is 1.69. The smallest absolute Gasteiger partial charge is 0.0613 e. The average molecular weight is 248 g/mol. The zero-order valence-corrected chi connectivity index (χ0v) is 10.4. The number of hydrogen-bond donors (Lipinski definition) is 1. The number of benzene rings is 1. The van der Waals surface area contributed by atoms with Gasteiger partial charge in [-0.05, 0) is 30.7 Å². The van der Waals surface area contributed by atoms with E-state index in [9.17, 15) is 0 Å². The molecule has 0 aliphatic carbocycles. The molecule has 0 aromatic heterocycles. The van der Waals surface area contributed by atoms with Crippen molar-refractivity contribution < 1.29 is 4.74 Å². The number of methoxy groups -OCH3 is 1. The summed E-state index contributed by atoms with van der Waals surface area (Å²) in [6, 6.07) is 5.76. The van der Waals surface area contributed by atoms with Gasteiger partial charge in [-0.15, -0.1) is 0 Å². The molecule has 0 radical (unpaired) electrons. The number of ether oxygens (including phenoxy) is 1. The summed E-state index contributed by atoms with van der Waals surface area (Å²) in [4.78, 5) is 0. The van der Waals surface area contributed by atoms with E-state index in [0.717, 1.165) is 10.6 Å². The molecular weight excluding hydrogens is 233 g/mol. The standard InChI is InChI=1S/C11H15Cl2NO/c1-8(7-15-2)14-6-9-5-10(12)3-4-11(9)13/h3-5,8,14H,6-7H2,1-2H3. The molecule has 0 amide bonds. The zero-order valence-electron chi connectivity index (χ0n) is 8.89. The number of halogens is 2. The van der Waals surface area contributed by atoms with Gasteiger partial charge < -0.3 is 10.1 Å². The van der Waals surface area contributed by atoms with Crippen LogP contribution in [-0.4, -0.2) is 19.8 Å². The van der Waals surface area contributed by atoms with E-state index in [1.165, 1.54) is 0 Å². The molecule has 0 saturated heterocycles. The monoisotopic (exact) mass is 247 g/mol. The molecule has 0 saturated carbocycles. The minimum atomic E-state index is 0.296. The third-order valence-electron chi connectivity index (χ3n) is 2.07. The highest BCUT2D eigenvalue weighted by molar-refractivity contribution is 6.33. The maximum absolute atomic E-state index is 6.03. The van der Waals surface area contributed by atoms with Gasteiger partial charge in [0.05, 0.1) is 6.61 Å². The molecule has 1 rings (SSSR count). The second kappa shape index (κ2) is 6.33. The molecule has 1 N–H and O–H groups in total. The molecule has 2 nitrogen and oxygen atoms in total. The van der Waals surface area contributed by atoms with Crippen LogP contribution in [0.1, 0.15) is 12.5 Å². The van der Waals surface area contributed by atoms with E-state index in [-0.39, 0.29) is 0 Å². The van der Waals surface area contributed by atoms with Crippen LogP contribution in [0.4, 0.5) is 0 Å². The first-order chi connectivity index (χ1) is 7.13. The predicted molar refractivity (Wildman–Crippen MR) is 64.6 cm³/mol. The second-order valence-electron chi connectivity index (χ2n) is 3.47. The van der Waals surface area contributed by atoms with E-state index in [1.54, 1.807) is 13.2 Å². The summed E-state index contributed by atoms with van der Waals surface area (Å²) in [5, 5.41) is 4.74. The third kappa shape index (κ3) is 4.39. The van der Waals surface area contributed by atoms with Gasteiger partial charge in [0.1, 0.15) is 0 Å². The van der Waals surface area contributed by atoms with E-state index in [4.69, 9.17) is 27.9 Å². The SMILES string of the molecule is COCC(C)NCc1cc(Cl)ccc1Cl. The summed E-state index contributed by atoms with van der Waals surface area (Å²) >= 11 is 11.9. The molecule has 0 fully saturated rings. The fourth-order valence-corrected chi connectivity index (χ4v) is 1.65. The van der Waals surface area contributed by atoms with Crippen LogP contribution >= 0.6 is 23.2 Å². The van der Waals surface area contributed by atoms with Crippen molar-refractivity contribution in [1.82, 2.24) is 5.32 Å². The van der Waals surface area contributed by atoms with E-state index in [2.05, 4.69) is 12.2 Å². The molecule has 0 heterocycles. The largest absolute Gasteiger partial charge is 0.383 e. The topological polar surface area (TPSA) is 21.3 Å². The van der Waals surface area contributed by atoms with E-state index < -0.39 is 0 Å². The summed E-state index contributed by atoms with van der Waals surface area (Å²) in [6.45, 7) is 3.43. The van der Waals surface area contributed by atoms with Crippen LogP contribution in [0.15, 0.2) is 18.2 Å². The van der Waals surface area contributed by atoms with Crippen molar-refractivity contribution in [2.45, 2.75) is 19.5 Å². The highest BCUT2D eigenvalue weighted by atomic mass is 35.5. The van der Waals surface area contributed by atoms with Crippen LogP contribution in [0.5, 0.6) is 0 Å². The van der Waals surface area contributed by atoms with Gasteiger partial charge in [0.25, 0.3) is 0 Å². The van der Waals surface area contributed by atoms with Crippen molar-refractivity contribution in [3.05, 3.63) is 33.8 Å². The summed E-state index contributed by atoms with van der Waals surface area (Å²) in [5.74, 6) is 0. The lowest BCUT2D eigenvalue weighted by Crippen LogP contribution is -2.29. The molecule has 0 spiro atoms. The van der Waals surface area contributed by atoms with Gasteiger partial charge in [-0.25, -0.2) is 0 Å². The van der Waals surface area contributed by atoms with Crippen molar-refractivity contribution in [3.63, 3.8) is 0 Å². The Hall–Kier alpha value is -0.280. The lowest BCUT2D eigenvalue weighted by atomic mass is 10.2. The van der Waals surface area contributed by atoms with Gasteiger partial charge in [-0.1, -0.05) is 23.2 Å². The summed E-state index contributed by atoms with van der Waals surface area (Å²) < 4.78 is 5.02. The Morgan fingerprint density at radius 3 is 2.80 bits per heavy atom. The molecule has 0 bridgehead atoms. The van der Waals surface area contributed by atoms with Gasteiger partial charge in [0, 0.05) is 29.7 Å². The molecule has 15 heavy (non-hydrogen) atoms. The van der Waals surface area contributed by atoms with Crippen LogP contribution in [0.3, 0.4) is 0 Å². The van der Waals surface area contributed by atoms with Crippen molar-refractivity contribution in [3.8, 4) is 0 Å². The first-order valence-corrected chi connectivity index (χ1v) is 5.55. The summed E-state index contributed by atoms with van der Waals surface area (Å²) in [5.41, 5.74) is 1.01.